The molecule has 0 saturated carbocycles. The molecular formula is C12H16N2O2. The lowest BCUT2D eigenvalue weighted by molar-refractivity contribution is -0.114. The van der Waals surface area contributed by atoms with Crippen LogP contribution >= 0.6 is 0 Å². The quantitative estimate of drug-likeness (QED) is 0.728. The standard InChI is InChI=1S/C12H16N2O2/c1-8(7-15)14-6-9-2-3-10-11(16)4-5-13-12(9)10/h2,5,8,14-15H,3-4,6-7H2,1H3. The second-order valence-electron chi connectivity index (χ2n) is 4.16. The molecule has 1 unspecified atom stereocenters. The van der Waals surface area contributed by atoms with E-state index in [1.54, 1.807) is 6.21 Å². The minimum Gasteiger partial charge on any atom is -0.395 e. The smallest absolute Gasteiger partial charge is 0.166 e. The van der Waals surface area contributed by atoms with Crippen LogP contribution in [0.3, 0.4) is 0 Å². The zero-order valence-corrected chi connectivity index (χ0v) is 9.36. The Morgan fingerprint density at radius 1 is 1.56 bits per heavy atom. The number of nitrogens with one attached hydrogen (secondary N) is 1. The second-order valence-corrected chi connectivity index (χ2v) is 4.16. The van der Waals surface area contributed by atoms with Crippen LogP contribution < -0.4 is 5.32 Å². The van der Waals surface area contributed by atoms with Gasteiger partial charge in [-0.3, -0.25) is 9.79 Å². The van der Waals surface area contributed by atoms with Gasteiger partial charge in [0.15, 0.2) is 5.78 Å². The summed E-state index contributed by atoms with van der Waals surface area (Å²) in [4.78, 5) is 15.9. The normalized spacial score (nSPS) is 21.1. The van der Waals surface area contributed by atoms with Crippen molar-refractivity contribution in [2.75, 3.05) is 13.2 Å². The van der Waals surface area contributed by atoms with E-state index >= 15 is 0 Å². The molecule has 1 aliphatic carbocycles. The maximum absolute atomic E-state index is 11.6. The summed E-state index contributed by atoms with van der Waals surface area (Å²) in [6, 6.07) is 0.0637. The average Bonchev–Trinajstić information content (AvgIpc) is 2.70. The Morgan fingerprint density at radius 3 is 3.12 bits per heavy atom. The van der Waals surface area contributed by atoms with Crippen LogP contribution in [0.2, 0.25) is 0 Å². The van der Waals surface area contributed by atoms with Crippen LogP contribution in [0.1, 0.15) is 19.8 Å². The van der Waals surface area contributed by atoms with Crippen molar-refractivity contribution in [3.8, 4) is 0 Å². The predicted molar refractivity (Wildman–Crippen MR) is 62.4 cm³/mol. The summed E-state index contributed by atoms with van der Waals surface area (Å²) in [5.74, 6) is 0.187. The molecule has 0 radical (unpaired) electrons. The van der Waals surface area contributed by atoms with Gasteiger partial charge in [0.05, 0.1) is 12.3 Å². The molecule has 2 aliphatic rings. The fourth-order valence-corrected chi connectivity index (χ4v) is 1.87. The van der Waals surface area contributed by atoms with E-state index < -0.39 is 0 Å². The molecule has 0 amide bonds. The summed E-state index contributed by atoms with van der Waals surface area (Å²) in [5.41, 5.74) is 2.75. The number of hydrogen-bond acceptors (Lipinski definition) is 4. The van der Waals surface area contributed by atoms with E-state index in [2.05, 4.69) is 10.3 Å². The number of rotatable bonds is 4. The van der Waals surface area contributed by atoms with Crippen LogP contribution in [0.15, 0.2) is 27.9 Å². The van der Waals surface area contributed by atoms with Gasteiger partial charge >= 0.3 is 0 Å². The molecule has 0 aromatic heterocycles. The number of Topliss-reactive ketones (excluding diaryl/α,β-unsaturated/α-hetero) is 1. The van der Waals surface area contributed by atoms with Gasteiger partial charge in [0, 0.05) is 30.8 Å². The number of ketones is 1. The molecule has 4 heteroatoms. The van der Waals surface area contributed by atoms with Gasteiger partial charge in [-0.25, -0.2) is 0 Å². The van der Waals surface area contributed by atoms with Crippen LogP contribution in [0, 0.1) is 0 Å². The molecule has 16 heavy (non-hydrogen) atoms. The minimum absolute atomic E-state index is 0.0637. The van der Waals surface area contributed by atoms with E-state index in [9.17, 15) is 4.79 Å². The highest BCUT2D eigenvalue weighted by molar-refractivity contribution is 6.07. The third kappa shape index (κ3) is 2.13. The maximum Gasteiger partial charge on any atom is 0.166 e. The van der Waals surface area contributed by atoms with Gasteiger partial charge < -0.3 is 10.4 Å². The number of nitrogens with zero attached hydrogens (tertiary/aromatic N) is 1. The van der Waals surface area contributed by atoms with Crippen molar-refractivity contribution in [2.24, 2.45) is 4.99 Å². The molecule has 0 bridgehead atoms. The van der Waals surface area contributed by atoms with E-state index in [0.717, 1.165) is 16.8 Å². The van der Waals surface area contributed by atoms with Gasteiger partial charge in [0.25, 0.3) is 0 Å². The number of carbonyl (C=O) groups is 1. The zero-order chi connectivity index (χ0) is 11.5. The molecular weight excluding hydrogens is 204 g/mol. The SMILES string of the molecule is CC(CO)NCC1=CCC2=C1N=CCC2=O. The van der Waals surface area contributed by atoms with Crippen LogP contribution in [0.25, 0.3) is 0 Å². The van der Waals surface area contributed by atoms with Crippen molar-refractivity contribution >= 4 is 12.0 Å². The first-order valence-corrected chi connectivity index (χ1v) is 5.55. The molecule has 0 saturated heterocycles. The lowest BCUT2D eigenvalue weighted by Gasteiger charge is -2.13. The molecule has 1 heterocycles. The van der Waals surface area contributed by atoms with E-state index in [4.69, 9.17) is 5.11 Å². The summed E-state index contributed by atoms with van der Waals surface area (Å²) in [7, 11) is 0. The number of carbonyl (C=O) groups excluding carboxylic acids is 1. The topological polar surface area (TPSA) is 61.7 Å². The van der Waals surface area contributed by atoms with E-state index in [0.29, 0.717) is 19.4 Å². The maximum atomic E-state index is 11.6. The first-order valence-electron chi connectivity index (χ1n) is 5.55. The summed E-state index contributed by atoms with van der Waals surface area (Å²) in [6.07, 6.45) is 4.86. The van der Waals surface area contributed by atoms with Gasteiger partial charge in [-0.15, -0.1) is 0 Å². The van der Waals surface area contributed by atoms with Gasteiger partial charge in [0.1, 0.15) is 0 Å². The number of allylic oxidation sites excluding steroid dienone is 2. The second kappa shape index (κ2) is 4.72. The highest BCUT2D eigenvalue weighted by atomic mass is 16.3. The number of aliphatic hydroxyl groups excluding tert-OH is 1. The number of aliphatic imine (C=N–C) groups is 1. The Hall–Kier alpha value is -1.26. The Kier molecular flexibility index (Phi) is 3.31. The van der Waals surface area contributed by atoms with Crippen molar-refractivity contribution in [3.05, 3.63) is 22.9 Å². The van der Waals surface area contributed by atoms with Gasteiger partial charge in [0.2, 0.25) is 0 Å². The Labute approximate surface area is 94.8 Å². The fraction of sp³-hybridized carbons (Fsp3) is 0.500. The lowest BCUT2D eigenvalue weighted by atomic mass is 10.0. The van der Waals surface area contributed by atoms with E-state index in [1.807, 2.05) is 13.0 Å². The predicted octanol–water partition coefficient (Wildman–Crippen LogP) is 0.585. The van der Waals surface area contributed by atoms with Gasteiger partial charge in [-0.05, 0) is 18.9 Å². The van der Waals surface area contributed by atoms with Crippen molar-refractivity contribution in [1.82, 2.24) is 5.32 Å². The van der Waals surface area contributed by atoms with E-state index in [1.165, 1.54) is 0 Å². The Balaban J connectivity index is 2.03. The fourth-order valence-electron chi connectivity index (χ4n) is 1.87. The van der Waals surface area contributed by atoms with Gasteiger partial charge in [-0.2, -0.15) is 0 Å². The van der Waals surface area contributed by atoms with Crippen LogP contribution in [-0.4, -0.2) is 36.3 Å². The summed E-state index contributed by atoms with van der Waals surface area (Å²) < 4.78 is 0. The molecule has 0 aromatic carbocycles. The Morgan fingerprint density at radius 2 is 2.38 bits per heavy atom. The molecule has 0 spiro atoms. The third-order valence-corrected chi connectivity index (χ3v) is 2.89. The van der Waals surface area contributed by atoms with Crippen molar-refractivity contribution in [1.29, 1.82) is 0 Å². The molecule has 4 nitrogen and oxygen atoms in total. The molecule has 1 aliphatic heterocycles. The molecule has 1 atom stereocenters. The Bertz CT molecular complexity index is 394. The number of aliphatic hydroxyl groups is 1. The van der Waals surface area contributed by atoms with Crippen molar-refractivity contribution in [2.45, 2.75) is 25.8 Å². The van der Waals surface area contributed by atoms with Crippen molar-refractivity contribution < 1.29 is 9.90 Å². The summed E-state index contributed by atoms with van der Waals surface area (Å²) in [6.45, 7) is 2.69. The molecule has 86 valence electrons. The summed E-state index contributed by atoms with van der Waals surface area (Å²) in [5, 5.41) is 12.1. The first-order chi connectivity index (χ1) is 7.72. The summed E-state index contributed by atoms with van der Waals surface area (Å²) >= 11 is 0. The molecule has 2 N–H and O–H groups in total. The zero-order valence-electron chi connectivity index (χ0n) is 9.36. The monoisotopic (exact) mass is 220 g/mol. The first kappa shape index (κ1) is 11.2. The van der Waals surface area contributed by atoms with Crippen LogP contribution in [-0.2, 0) is 4.79 Å². The average molecular weight is 220 g/mol. The molecule has 0 fully saturated rings. The lowest BCUT2D eigenvalue weighted by Crippen LogP contribution is -2.31. The molecule has 0 aromatic rings. The van der Waals surface area contributed by atoms with Crippen LogP contribution in [0.4, 0.5) is 0 Å². The largest absolute Gasteiger partial charge is 0.395 e. The van der Waals surface area contributed by atoms with Gasteiger partial charge in [-0.1, -0.05) is 6.08 Å². The van der Waals surface area contributed by atoms with Crippen LogP contribution in [0.5, 0.6) is 0 Å². The highest BCUT2D eigenvalue weighted by Crippen LogP contribution is 2.30. The van der Waals surface area contributed by atoms with Crippen molar-refractivity contribution in [3.63, 3.8) is 0 Å². The number of hydrogen-bond donors (Lipinski definition) is 2. The highest BCUT2D eigenvalue weighted by Gasteiger charge is 2.24. The third-order valence-electron chi connectivity index (χ3n) is 2.89. The molecule has 2 rings (SSSR count). The minimum atomic E-state index is 0.0637. The van der Waals surface area contributed by atoms with E-state index in [-0.39, 0.29) is 18.4 Å².